The number of hydrogen-bond acceptors (Lipinski definition) is 6. The van der Waals surface area contributed by atoms with Gasteiger partial charge in [0.1, 0.15) is 11.4 Å². The molecule has 7 nitrogen and oxygen atoms in total. The quantitative estimate of drug-likeness (QED) is 0.501. The van der Waals surface area contributed by atoms with Crippen molar-refractivity contribution in [3.8, 4) is 11.5 Å². The molecule has 28 heavy (non-hydrogen) atoms. The van der Waals surface area contributed by atoms with E-state index in [1.54, 1.807) is 12.1 Å². The summed E-state index contributed by atoms with van der Waals surface area (Å²) >= 11 is 12.2. The highest BCUT2D eigenvalue weighted by molar-refractivity contribution is 6.33. The zero-order valence-electron chi connectivity index (χ0n) is 15.7. The summed E-state index contributed by atoms with van der Waals surface area (Å²) in [7, 11) is 2.87. The number of carbonyl (C=O) groups excluding carboxylic acids is 2. The van der Waals surface area contributed by atoms with Gasteiger partial charge in [-0.15, -0.1) is 0 Å². The van der Waals surface area contributed by atoms with E-state index in [9.17, 15) is 9.59 Å². The molecule has 1 amide bonds. The maximum atomic E-state index is 12.6. The number of halogens is 2. The van der Waals surface area contributed by atoms with E-state index in [-0.39, 0.29) is 16.5 Å². The van der Waals surface area contributed by atoms with E-state index >= 15 is 0 Å². The van der Waals surface area contributed by atoms with Gasteiger partial charge < -0.3 is 14.8 Å². The molecule has 0 heterocycles. The molecule has 0 saturated carbocycles. The number of Topliss-reactive ketones (excluding diaryl/α,β-unsaturated/α-hetero) is 1. The summed E-state index contributed by atoms with van der Waals surface area (Å²) in [5.41, 5.74) is 1.52. The first-order valence-corrected chi connectivity index (χ1v) is 8.92. The smallest absolute Gasteiger partial charge is 0.258 e. The molecule has 0 bridgehead atoms. The van der Waals surface area contributed by atoms with Crippen LogP contribution in [0.3, 0.4) is 0 Å². The summed E-state index contributed by atoms with van der Waals surface area (Å²) in [5, 5.41) is 11.0. The molecule has 2 rings (SSSR count). The van der Waals surface area contributed by atoms with E-state index in [1.807, 2.05) is 13.0 Å². The van der Waals surface area contributed by atoms with Crippen LogP contribution < -0.4 is 14.8 Å². The molecule has 1 atom stereocenters. The molecule has 2 aromatic rings. The van der Waals surface area contributed by atoms with Crippen molar-refractivity contribution in [2.45, 2.75) is 19.9 Å². The number of ether oxygens (including phenoxy) is 2. The Kier molecular flexibility index (Phi) is 7.37. The third-order valence-electron chi connectivity index (χ3n) is 3.73. The van der Waals surface area contributed by atoms with Gasteiger partial charge in [-0.1, -0.05) is 29.3 Å². The molecule has 0 fully saturated rings. The summed E-state index contributed by atoms with van der Waals surface area (Å²) in [6.45, 7) is 3.11. The number of hydrogen-bond donors (Lipinski definition) is 1. The molecule has 2 aromatic carbocycles. The first-order valence-electron chi connectivity index (χ1n) is 8.16. The largest absolute Gasteiger partial charge is 0.497 e. The number of nitrogens with zero attached hydrogens (tertiary/aromatic N) is 2. The number of rotatable bonds is 7. The summed E-state index contributed by atoms with van der Waals surface area (Å²) in [6.07, 6.45) is 0. The number of carbonyl (C=O) groups is 2. The Hall–Kier alpha value is -2.64. The van der Waals surface area contributed by atoms with Crippen LogP contribution in [0, 0.1) is 6.92 Å². The first-order chi connectivity index (χ1) is 13.3. The Bertz CT molecular complexity index is 932. The zero-order valence-corrected chi connectivity index (χ0v) is 17.3. The minimum absolute atomic E-state index is 0.233. The number of ketones is 1. The zero-order chi connectivity index (χ0) is 20.8. The van der Waals surface area contributed by atoms with Crippen LogP contribution in [0.2, 0.25) is 10.0 Å². The lowest BCUT2D eigenvalue weighted by molar-refractivity contribution is -0.126. The standard InChI is InChI=1S/C19H19Cl2N3O4/c1-10-5-6-13(20)15(7-10)23-24-17(11(2)25)19(26)22-16-9-12(27-3)8-14(21)18(16)28-4/h5-9,17H,1-4H3,(H,22,26). The molecule has 0 radical (unpaired) electrons. The lowest BCUT2D eigenvalue weighted by Crippen LogP contribution is -2.32. The molecular formula is C19H19Cl2N3O4. The molecule has 0 aromatic heterocycles. The highest BCUT2D eigenvalue weighted by Gasteiger charge is 2.25. The Labute approximate surface area is 172 Å². The fourth-order valence-electron chi connectivity index (χ4n) is 2.33. The summed E-state index contributed by atoms with van der Waals surface area (Å²) in [5.74, 6) is -0.536. The van der Waals surface area contributed by atoms with Crippen molar-refractivity contribution >= 4 is 46.3 Å². The molecule has 1 N–H and O–H groups in total. The van der Waals surface area contributed by atoms with Crippen LogP contribution in [-0.2, 0) is 9.59 Å². The van der Waals surface area contributed by atoms with E-state index in [1.165, 1.54) is 33.3 Å². The molecule has 9 heteroatoms. The lowest BCUT2D eigenvalue weighted by atomic mass is 10.2. The van der Waals surface area contributed by atoms with Crippen molar-refractivity contribution in [3.63, 3.8) is 0 Å². The Morgan fingerprint density at radius 3 is 2.39 bits per heavy atom. The van der Waals surface area contributed by atoms with Gasteiger partial charge in [-0.05, 0) is 31.5 Å². The van der Waals surface area contributed by atoms with Gasteiger partial charge in [0, 0.05) is 12.1 Å². The van der Waals surface area contributed by atoms with Gasteiger partial charge in [0.2, 0.25) is 6.04 Å². The highest BCUT2D eigenvalue weighted by atomic mass is 35.5. The average molecular weight is 424 g/mol. The molecule has 0 aliphatic carbocycles. The van der Waals surface area contributed by atoms with Gasteiger partial charge in [0.15, 0.2) is 11.5 Å². The summed E-state index contributed by atoms with van der Waals surface area (Å²) in [4.78, 5) is 24.6. The second-order valence-electron chi connectivity index (χ2n) is 5.86. The third kappa shape index (κ3) is 5.21. The number of anilines is 1. The van der Waals surface area contributed by atoms with Crippen molar-refractivity contribution in [1.82, 2.24) is 0 Å². The minimum Gasteiger partial charge on any atom is -0.497 e. The van der Waals surface area contributed by atoms with Gasteiger partial charge in [0.05, 0.1) is 30.0 Å². The van der Waals surface area contributed by atoms with E-state index in [2.05, 4.69) is 15.5 Å². The Morgan fingerprint density at radius 1 is 1.07 bits per heavy atom. The molecule has 0 aliphatic rings. The van der Waals surface area contributed by atoms with Crippen LogP contribution in [0.1, 0.15) is 12.5 Å². The van der Waals surface area contributed by atoms with Crippen LogP contribution in [0.15, 0.2) is 40.6 Å². The number of amides is 1. The number of azo groups is 1. The monoisotopic (exact) mass is 423 g/mol. The Balaban J connectivity index is 2.31. The van der Waals surface area contributed by atoms with Gasteiger partial charge >= 0.3 is 0 Å². The van der Waals surface area contributed by atoms with Gasteiger partial charge in [-0.2, -0.15) is 10.2 Å². The first kappa shape index (κ1) is 21.7. The van der Waals surface area contributed by atoms with Crippen molar-refractivity contribution in [1.29, 1.82) is 0 Å². The number of methoxy groups -OCH3 is 2. The number of nitrogens with one attached hydrogen (secondary N) is 1. The predicted octanol–water partition coefficient (Wildman–Crippen LogP) is 5.00. The van der Waals surface area contributed by atoms with E-state index in [4.69, 9.17) is 32.7 Å². The fourth-order valence-corrected chi connectivity index (χ4v) is 2.77. The van der Waals surface area contributed by atoms with Crippen LogP contribution >= 0.6 is 23.2 Å². The van der Waals surface area contributed by atoms with E-state index in [0.717, 1.165) is 5.56 Å². The second kappa shape index (κ2) is 9.52. The van der Waals surface area contributed by atoms with E-state index in [0.29, 0.717) is 16.5 Å². The number of aryl methyl sites for hydroxylation is 1. The normalized spacial score (nSPS) is 11.9. The molecule has 0 aliphatic heterocycles. The van der Waals surface area contributed by atoms with Crippen LogP contribution in [0.4, 0.5) is 11.4 Å². The average Bonchev–Trinajstić information content (AvgIpc) is 2.64. The van der Waals surface area contributed by atoms with Crippen LogP contribution in [0.5, 0.6) is 11.5 Å². The van der Waals surface area contributed by atoms with Crippen LogP contribution in [-0.4, -0.2) is 32.0 Å². The maximum absolute atomic E-state index is 12.6. The Morgan fingerprint density at radius 2 is 1.79 bits per heavy atom. The van der Waals surface area contributed by atoms with Gasteiger partial charge in [0.25, 0.3) is 5.91 Å². The van der Waals surface area contributed by atoms with Crippen molar-refractivity contribution in [2.75, 3.05) is 19.5 Å². The lowest BCUT2D eigenvalue weighted by Gasteiger charge is -2.15. The second-order valence-corrected chi connectivity index (χ2v) is 6.68. The maximum Gasteiger partial charge on any atom is 0.258 e. The van der Waals surface area contributed by atoms with Crippen molar-refractivity contribution < 1.29 is 19.1 Å². The molecule has 0 saturated heterocycles. The van der Waals surface area contributed by atoms with E-state index < -0.39 is 17.7 Å². The molecule has 1 unspecified atom stereocenters. The van der Waals surface area contributed by atoms with Crippen molar-refractivity contribution in [2.24, 2.45) is 10.2 Å². The summed E-state index contributed by atoms with van der Waals surface area (Å²) in [6, 6.07) is 6.87. The molecule has 0 spiro atoms. The summed E-state index contributed by atoms with van der Waals surface area (Å²) < 4.78 is 10.4. The van der Waals surface area contributed by atoms with Gasteiger partial charge in [-0.25, -0.2) is 0 Å². The minimum atomic E-state index is -1.37. The fraction of sp³-hybridized carbons (Fsp3) is 0.263. The molecule has 148 valence electrons. The molecular weight excluding hydrogens is 405 g/mol. The predicted molar refractivity (Wildman–Crippen MR) is 108 cm³/mol. The van der Waals surface area contributed by atoms with Crippen LogP contribution in [0.25, 0.3) is 0 Å². The van der Waals surface area contributed by atoms with Crippen molar-refractivity contribution in [3.05, 3.63) is 45.9 Å². The SMILES string of the molecule is COc1cc(Cl)c(OC)c(NC(=O)C(N=Nc2cc(C)ccc2Cl)C(C)=O)c1. The topological polar surface area (TPSA) is 89.3 Å². The highest BCUT2D eigenvalue weighted by Crippen LogP contribution is 2.37. The third-order valence-corrected chi connectivity index (χ3v) is 4.33. The van der Waals surface area contributed by atoms with Gasteiger partial charge in [-0.3, -0.25) is 9.59 Å². The number of benzene rings is 2.